The van der Waals surface area contributed by atoms with Crippen LogP contribution in [0.25, 0.3) is 0 Å². The summed E-state index contributed by atoms with van der Waals surface area (Å²) in [5, 5.41) is 5.65. The summed E-state index contributed by atoms with van der Waals surface area (Å²) >= 11 is 5.85. The third-order valence-electron chi connectivity index (χ3n) is 3.98. The molecule has 9 heteroatoms. The van der Waals surface area contributed by atoms with E-state index in [1.165, 1.54) is 12.1 Å². The van der Waals surface area contributed by atoms with Crippen molar-refractivity contribution in [2.75, 3.05) is 23.8 Å². The zero-order chi connectivity index (χ0) is 23.5. The number of hydrogen-bond acceptors (Lipinski definition) is 6. The smallest absolute Gasteiger partial charge is 0.338 e. The van der Waals surface area contributed by atoms with E-state index in [4.69, 9.17) is 21.1 Å². The number of hydrogen-bond donors (Lipinski definition) is 2. The molecule has 0 heterocycles. The predicted octanol–water partition coefficient (Wildman–Crippen LogP) is 4.05. The van der Waals surface area contributed by atoms with Crippen LogP contribution in [0.15, 0.2) is 48.5 Å². The van der Waals surface area contributed by atoms with Crippen LogP contribution in [0.4, 0.5) is 11.4 Å². The lowest BCUT2D eigenvalue weighted by molar-refractivity contribution is -0.147. The van der Waals surface area contributed by atoms with Gasteiger partial charge in [-0.15, -0.1) is 0 Å². The van der Waals surface area contributed by atoms with Gasteiger partial charge in [-0.3, -0.25) is 14.4 Å². The second kappa shape index (κ2) is 12.5. The maximum absolute atomic E-state index is 12.0. The second-order valence-electron chi connectivity index (χ2n) is 7.34. The summed E-state index contributed by atoms with van der Waals surface area (Å²) in [7, 11) is 0. The van der Waals surface area contributed by atoms with E-state index < -0.39 is 24.5 Å². The molecule has 0 fully saturated rings. The molecule has 8 nitrogen and oxygen atoms in total. The van der Waals surface area contributed by atoms with Crippen LogP contribution in [0.5, 0.6) is 0 Å². The highest BCUT2D eigenvalue weighted by atomic mass is 35.5. The SMILES string of the molecule is CC(C)COC(=O)c1ccc(NC(=O)COC(=O)CCC(=O)Nc2cccc(Cl)c2)cc1. The third kappa shape index (κ3) is 9.18. The Morgan fingerprint density at radius 3 is 2.22 bits per heavy atom. The van der Waals surface area contributed by atoms with Gasteiger partial charge in [0.15, 0.2) is 6.61 Å². The standard InChI is InChI=1S/C23H25ClN2O6/c1-15(2)13-32-23(30)16-6-8-18(9-7-16)25-21(28)14-31-22(29)11-10-20(27)26-19-5-3-4-17(24)12-19/h3-9,12,15H,10-11,13-14H2,1-2H3,(H,25,28)(H,26,27). The molecule has 0 spiro atoms. The molecule has 0 aliphatic carbocycles. The minimum atomic E-state index is -0.676. The largest absolute Gasteiger partial charge is 0.462 e. The second-order valence-corrected chi connectivity index (χ2v) is 7.77. The van der Waals surface area contributed by atoms with Gasteiger partial charge in [0, 0.05) is 22.8 Å². The van der Waals surface area contributed by atoms with E-state index >= 15 is 0 Å². The molecule has 0 aliphatic rings. The number of benzene rings is 2. The van der Waals surface area contributed by atoms with Crippen molar-refractivity contribution in [3.8, 4) is 0 Å². The molecule has 170 valence electrons. The van der Waals surface area contributed by atoms with Crippen LogP contribution in [-0.2, 0) is 23.9 Å². The monoisotopic (exact) mass is 460 g/mol. The Hall–Kier alpha value is -3.39. The topological polar surface area (TPSA) is 111 Å². The number of esters is 2. The van der Waals surface area contributed by atoms with Crippen LogP contribution in [0, 0.1) is 5.92 Å². The van der Waals surface area contributed by atoms with Gasteiger partial charge in [-0.25, -0.2) is 4.79 Å². The zero-order valence-electron chi connectivity index (χ0n) is 17.9. The van der Waals surface area contributed by atoms with Crippen molar-refractivity contribution < 1.29 is 28.7 Å². The Labute approximate surface area is 191 Å². The minimum absolute atomic E-state index is 0.0959. The molecule has 2 rings (SSSR count). The molecule has 0 saturated carbocycles. The van der Waals surface area contributed by atoms with Gasteiger partial charge in [-0.1, -0.05) is 31.5 Å². The van der Waals surface area contributed by atoms with Crippen molar-refractivity contribution in [1.82, 2.24) is 0 Å². The van der Waals surface area contributed by atoms with E-state index in [2.05, 4.69) is 10.6 Å². The molecule has 0 bridgehead atoms. The van der Waals surface area contributed by atoms with E-state index in [1.54, 1.807) is 36.4 Å². The number of nitrogens with one attached hydrogen (secondary N) is 2. The third-order valence-corrected chi connectivity index (χ3v) is 4.22. The van der Waals surface area contributed by atoms with E-state index in [0.29, 0.717) is 28.6 Å². The van der Waals surface area contributed by atoms with Crippen LogP contribution in [-0.4, -0.2) is 37.0 Å². The zero-order valence-corrected chi connectivity index (χ0v) is 18.6. The highest BCUT2D eigenvalue weighted by Gasteiger charge is 2.12. The van der Waals surface area contributed by atoms with Crippen molar-refractivity contribution in [2.24, 2.45) is 5.92 Å². The van der Waals surface area contributed by atoms with E-state index in [-0.39, 0.29) is 24.7 Å². The summed E-state index contributed by atoms with van der Waals surface area (Å²) < 4.78 is 10.0. The quantitative estimate of drug-likeness (QED) is 0.517. The molecule has 0 atom stereocenters. The van der Waals surface area contributed by atoms with Crippen LogP contribution >= 0.6 is 11.6 Å². The lowest BCUT2D eigenvalue weighted by atomic mass is 10.2. The average molecular weight is 461 g/mol. The van der Waals surface area contributed by atoms with Gasteiger partial charge in [-0.05, 0) is 48.4 Å². The van der Waals surface area contributed by atoms with E-state index in [0.717, 1.165) is 0 Å². The van der Waals surface area contributed by atoms with Crippen molar-refractivity contribution in [3.63, 3.8) is 0 Å². The van der Waals surface area contributed by atoms with Gasteiger partial charge in [0.1, 0.15) is 0 Å². The van der Waals surface area contributed by atoms with Gasteiger partial charge in [0.25, 0.3) is 5.91 Å². The van der Waals surface area contributed by atoms with Crippen molar-refractivity contribution in [2.45, 2.75) is 26.7 Å². The van der Waals surface area contributed by atoms with Crippen LogP contribution in [0.3, 0.4) is 0 Å². The van der Waals surface area contributed by atoms with Crippen LogP contribution in [0.1, 0.15) is 37.0 Å². The highest BCUT2D eigenvalue weighted by molar-refractivity contribution is 6.30. The first-order valence-electron chi connectivity index (χ1n) is 10.0. The molecule has 0 saturated heterocycles. The summed E-state index contributed by atoms with van der Waals surface area (Å²) in [5.74, 6) is -1.80. The lowest BCUT2D eigenvalue weighted by Crippen LogP contribution is -2.21. The molecular formula is C23H25ClN2O6. The molecule has 2 amide bonds. The molecule has 0 aromatic heterocycles. The first kappa shape index (κ1) is 24.9. The molecule has 32 heavy (non-hydrogen) atoms. The predicted molar refractivity (Wildman–Crippen MR) is 120 cm³/mol. The Kier molecular flexibility index (Phi) is 9.69. The van der Waals surface area contributed by atoms with Crippen molar-refractivity contribution in [3.05, 3.63) is 59.1 Å². The van der Waals surface area contributed by atoms with Crippen LogP contribution < -0.4 is 10.6 Å². The van der Waals surface area contributed by atoms with Crippen LogP contribution in [0.2, 0.25) is 5.02 Å². The van der Waals surface area contributed by atoms with E-state index in [9.17, 15) is 19.2 Å². The Morgan fingerprint density at radius 1 is 0.875 bits per heavy atom. The fourth-order valence-electron chi connectivity index (χ4n) is 2.44. The normalized spacial score (nSPS) is 10.4. The molecule has 0 radical (unpaired) electrons. The molecular weight excluding hydrogens is 436 g/mol. The first-order chi connectivity index (χ1) is 15.2. The van der Waals surface area contributed by atoms with Gasteiger partial charge in [0.05, 0.1) is 18.6 Å². The number of ether oxygens (including phenoxy) is 2. The van der Waals surface area contributed by atoms with Gasteiger partial charge in [-0.2, -0.15) is 0 Å². The van der Waals surface area contributed by atoms with Gasteiger partial charge in [0.2, 0.25) is 5.91 Å². The number of halogens is 1. The lowest BCUT2D eigenvalue weighted by Gasteiger charge is -2.09. The molecule has 0 aliphatic heterocycles. The number of carbonyl (C=O) groups excluding carboxylic acids is 4. The average Bonchev–Trinajstić information content (AvgIpc) is 2.75. The van der Waals surface area contributed by atoms with Crippen molar-refractivity contribution in [1.29, 1.82) is 0 Å². The maximum atomic E-state index is 12.0. The summed E-state index contributed by atoms with van der Waals surface area (Å²) in [6, 6.07) is 12.8. The number of anilines is 2. The summed E-state index contributed by atoms with van der Waals surface area (Å²) in [5.41, 5.74) is 1.33. The van der Waals surface area contributed by atoms with E-state index in [1.807, 2.05) is 13.8 Å². The summed E-state index contributed by atoms with van der Waals surface area (Å²) in [4.78, 5) is 47.5. The van der Waals surface area contributed by atoms with Gasteiger partial charge >= 0.3 is 11.9 Å². The van der Waals surface area contributed by atoms with Crippen molar-refractivity contribution >= 4 is 46.7 Å². The highest BCUT2D eigenvalue weighted by Crippen LogP contribution is 2.15. The number of carbonyl (C=O) groups is 4. The number of rotatable bonds is 10. The molecule has 2 aromatic rings. The Morgan fingerprint density at radius 2 is 1.56 bits per heavy atom. The Bertz CT molecular complexity index is 959. The molecule has 2 N–H and O–H groups in total. The summed E-state index contributed by atoms with van der Waals surface area (Å²) in [6.07, 6.45) is -0.270. The minimum Gasteiger partial charge on any atom is -0.462 e. The summed E-state index contributed by atoms with van der Waals surface area (Å²) in [6.45, 7) is 3.71. The fraction of sp³-hybridized carbons (Fsp3) is 0.304. The Balaban J connectivity index is 1.69. The first-order valence-corrected chi connectivity index (χ1v) is 10.4. The van der Waals surface area contributed by atoms with Gasteiger partial charge < -0.3 is 20.1 Å². The molecule has 2 aromatic carbocycles. The molecule has 0 unspecified atom stereocenters. The fourth-order valence-corrected chi connectivity index (χ4v) is 2.63. The number of amides is 2. The maximum Gasteiger partial charge on any atom is 0.338 e.